The second-order valence-electron chi connectivity index (χ2n) is 6.13. The zero-order valence-corrected chi connectivity index (χ0v) is 14.9. The average molecular weight is 343 g/mol. The first-order valence-corrected chi connectivity index (χ1v) is 10.4. The molecule has 23 heavy (non-hydrogen) atoms. The summed E-state index contributed by atoms with van der Waals surface area (Å²) in [5.74, 6) is -0.789. The smallest absolute Gasteiger partial charge is 0.185 e. The summed E-state index contributed by atoms with van der Waals surface area (Å²) in [5.41, 5.74) is 0. The van der Waals surface area contributed by atoms with Crippen molar-refractivity contribution in [3.05, 3.63) is 18.2 Å². The molecule has 0 bridgehead atoms. The van der Waals surface area contributed by atoms with Crippen LogP contribution in [0.3, 0.4) is 0 Å². The molecule has 1 rings (SSSR count). The van der Waals surface area contributed by atoms with Gasteiger partial charge in [0.05, 0.1) is 5.75 Å². The second kappa shape index (κ2) is 10.5. The molecule has 0 saturated carbocycles. The van der Waals surface area contributed by atoms with Gasteiger partial charge in [0.2, 0.25) is 0 Å². The molecular formula is C18H30O4S. The van der Waals surface area contributed by atoms with E-state index < -0.39 is 9.84 Å². The number of phenols is 2. The summed E-state index contributed by atoms with van der Waals surface area (Å²) < 4.78 is 24.4. The topological polar surface area (TPSA) is 74.6 Å². The summed E-state index contributed by atoms with van der Waals surface area (Å²) >= 11 is 0. The molecule has 0 heterocycles. The highest BCUT2D eigenvalue weighted by molar-refractivity contribution is 7.91. The summed E-state index contributed by atoms with van der Waals surface area (Å²) in [6.45, 7) is 2.21. The Kier molecular flexibility index (Phi) is 9.07. The van der Waals surface area contributed by atoms with E-state index in [-0.39, 0.29) is 22.1 Å². The third-order valence-electron chi connectivity index (χ3n) is 4.05. The van der Waals surface area contributed by atoms with E-state index in [1.54, 1.807) is 0 Å². The lowest BCUT2D eigenvalue weighted by atomic mass is 10.1. The Morgan fingerprint density at radius 3 is 1.70 bits per heavy atom. The fourth-order valence-corrected chi connectivity index (χ4v) is 4.27. The lowest BCUT2D eigenvalue weighted by Gasteiger charge is -2.08. The minimum Gasteiger partial charge on any atom is -0.506 e. The maximum atomic E-state index is 12.2. The summed E-state index contributed by atoms with van der Waals surface area (Å²) in [6, 6.07) is 3.99. The minimum absolute atomic E-state index is 0.0331. The van der Waals surface area contributed by atoms with Crippen LogP contribution in [0.4, 0.5) is 0 Å². The van der Waals surface area contributed by atoms with Crippen LogP contribution < -0.4 is 0 Å². The number of aromatic hydroxyl groups is 2. The third kappa shape index (κ3) is 7.25. The minimum atomic E-state index is -3.63. The third-order valence-corrected chi connectivity index (χ3v) is 5.92. The largest absolute Gasteiger partial charge is 0.506 e. The molecule has 0 radical (unpaired) electrons. The van der Waals surface area contributed by atoms with Gasteiger partial charge in [0.25, 0.3) is 0 Å². The molecule has 1 aromatic rings. The van der Waals surface area contributed by atoms with E-state index in [1.165, 1.54) is 56.7 Å². The Bertz CT molecular complexity index is 532. The SMILES string of the molecule is CCCCCCCCCCCCS(=O)(=O)c1c(O)cccc1O. The second-order valence-corrected chi connectivity index (χ2v) is 8.17. The van der Waals surface area contributed by atoms with Crippen LogP contribution in [-0.2, 0) is 9.84 Å². The molecule has 0 aliphatic carbocycles. The van der Waals surface area contributed by atoms with Crippen molar-refractivity contribution in [3.63, 3.8) is 0 Å². The van der Waals surface area contributed by atoms with Gasteiger partial charge in [0, 0.05) is 0 Å². The normalized spacial score (nSPS) is 11.7. The molecule has 132 valence electrons. The van der Waals surface area contributed by atoms with Gasteiger partial charge >= 0.3 is 0 Å². The van der Waals surface area contributed by atoms with Crippen LogP contribution >= 0.6 is 0 Å². The Hall–Kier alpha value is -1.23. The predicted molar refractivity (Wildman–Crippen MR) is 93.7 cm³/mol. The van der Waals surface area contributed by atoms with E-state index >= 15 is 0 Å². The molecule has 0 aliphatic rings. The number of benzene rings is 1. The molecule has 5 heteroatoms. The van der Waals surface area contributed by atoms with Crippen molar-refractivity contribution in [1.82, 2.24) is 0 Å². The predicted octanol–water partition coefficient (Wildman–Crippen LogP) is 4.79. The van der Waals surface area contributed by atoms with Gasteiger partial charge in [-0.25, -0.2) is 8.42 Å². The van der Waals surface area contributed by atoms with E-state index in [4.69, 9.17) is 0 Å². The molecule has 0 spiro atoms. The number of unbranched alkanes of at least 4 members (excludes halogenated alkanes) is 9. The maximum absolute atomic E-state index is 12.2. The molecule has 0 aliphatic heterocycles. The number of hydrogen-bond donors (Lipinski definition) is 2. The quantitative estimate of drug-likeness (QED) is 0.535. The standard InChI is InChI=1S/C18H30O4S/c1-2-3-4-5-6-7-8-9-10-11-15-23(21,22)18-16(19)13-12-14-17(18)20/h12-14,19-20H,2-11,15H2,1H3. The van der Waals surface area contributed by atoms with Crippen molar-refractivity contribution in [2.75, 3.05) is 5.75 Å². The van der Waals surface area contributed by atoms with Gasteiger partial charge in [-0.2, -0.15) is 0 Å². The molecule has 4 nitrogen and oxygen atoms in total. The van der Waals surface area contributed by atoms with Crippen molar-refractivity contribution in [1.29, 1.82) is 0 Å². The van der Waals surface area contributed by atoms with Crippen LogP contribution in [0.1, 0.15) is 71.1 Å². The highest BCUT2D eigenvalue weighted by Gasteiger charge is 2.22. The van der Waals surface area contributed by atoms with Crippen LogP contribution in [-0.4, -0.2) is 24.4 Å². The number of rotatable bonds is 12. The van der Waals surface area contributed by atoms with E-state index in [9.17, 15) is 18.6 Å². The van der Waals surface area contributed by atoms with Crippen molar-refractivity contribution in [3.8, 4) is 11.5 Å². The van der Waals surface area contributed by atoms with E-state index in [0.717, 1.165) is 19.3 Å². The average Bonchev–Trinajstić information content (AvgIpc) is 2.48. The van der Waals surface area contributed by atoms with Gasteiger partial charge in [0.15, 0.2) is 14.7 Å². The van der Waals surface area contributed by atoms with Gasteiger partial charge < -0.3 is 10.2 Å². The molecular weight excluding hydrogens is 312 g/mol. The van der Waals surface area contributed by atoms with Crippen LogP contribution in [0.25, 0.3) is 0 Å². The van der Waals surface area contributed by atoms with Gasteiger partial charge in [-0.3, -0.25) is 0 Å². The summed E-state index contributed by atoms with van der Waals surface area (Å²) in [6.07, 6.45) is 11.3. The highest BCUT2D eigenvalue weighted by Crippen LogP contribution is 2.32. The molecule has 0 saturated heterocycles. The van der Waals surface area contributed by atoms with Crippen LogP contribution in [0.15, 0.2) is 23.1 Å². The monoisotopic (exact) mass is 342 g/mol. The summed E-state index contributed by atoms with van der Waals surface area (Å²) in [7, 11) is -3.63. The summed E-state index contributed by atoms with van der Waals surface area (Å²) in [4.78, 5) is -0.337. The lowest BCUT2D eigenvalue weighted by molar-refractivity contribution is 0.423. The van der Waals surface area contributed by atoms with Crippen molar-refractivity contribution in [2.24, 2.45) is 0 Å². The van der Waals surface area contributed by atoms with Gasteiger partial charge in [-0.1, -0.05) is 70.8 Å². The Morgan fingerprint density at radius 2 is 1.22 bits per heavy atom. The van der Waals surface area contributed by atoms with Crippen molar-refractivity contribution < 1.29 is 18.6 Å². The summed E-state index contributed by atoms with van der Waals surface area (Å²) in [5, 5.41) is 19.3. The molecule has 1 aromatic carbocycles. The first-order valence-electron chi connectivity index (χ1n) is 8.72. The number of phenolic OH excluding ortho intramolecular Hbond substituents is 2. The van der Waals surface area contributed by atoms with Gasteiger partial charge in [-0.15, -0.1) is 0 Å². The van der Waals surface area contributed by atoms with E-state index in [1.807, 2.05) is 0 Å². The molecule has 0 fully saturated rings. The van der Waals surface area contributed by atoms with Crippen molar-refractivity contribution in [2.45, 2.75) is 76.0 Å². The van der Waals surface area contributed by atoms with Crippen molar-refractivity contribution >= 4 is 9.84 Å². The van der Waals surface area contributed by atoms with E-state index in [2.05, 4.69) is 6.92 Å². The molecule has 0 aromatic heterocycles. The molecule has 0 atom stereocenters. The highest BCUT2D eigenvalue weighted by atomic mass is 32.2. The number of hydrogen-bond acceptors (Lipinski definition) is 4. The lowest BCUT2D eigenvalue weighted by Crippen LogP contribution is -2.07. The fraction of sp³-hybridized carbons (Fsp3) is 0.667. The molecule has 0 unspecified atom stereocenters. The van der Waals surface area contributed by atoms with Crippen LogP contribution in [0.2, 0.25) is 0 Å². The first-order chi connectivity index (χ1) is 11.0. The Balaban J connectivity index is 2.23. The Morgan fingerprint density at radius 1 is 0.783 bits per heavy atom. The van der Waals surface area contributed by atoms with Gasteiger partial charge in [0.1, 0.15) is 11.5 Å². The molecule has 0 amide bonds. The Labute approximate surface area is 140 Å². The zero-order chi connectivity index (χ0) is 17.1. The first kappa shape index (κ1) is 19.8. The number of sulfone groups is 1. The molecule has 2 N–H and O–H groups in total. The van der Waals surface area contributed by atoms with Crippen LogP contribution in [0, 0.1) is 0 Å². The van der Waals surface area contributed by atoms with Crippen LogP contribution in [0.5, 0.6) is 11.5 Å². The van der Waals surface area contributed by atoms with E-state index in [0.29, 0.717) is 6.42 Å². The zero-order valence-electron chi connectivity index (χ0n) is 14.1. The van der Waals surface area contributed by atoms with Gasteiger partial charge in [-0.05, 0) is 18.6 Å². The fourth-order valence-electron chi connectivity index (χ4n) is 2.71. The maximum Gasteiger partial charge on any atom is 0.185 e.